The summed E-state index contributed by atoms with van der Waals surface area (Å²) >= 11 is 0. The molecule has 1 unspecified atom stereocenters. The minimum atomic E-state index is -0.495. The van der Waals surface area contributed by atoms with E-state index in [9.17, 15) is 4.79 Å². The van der Waals surface area contributed by atoms with Crippen LogP contribution in [0.5, 0.6) is 0 Å². The summed E-state index contributed by atoms with van der Waals surface area (Å²) in [5.41, 5.74) is -0.495. The Morgan fingerprint density at radius 3 is 2.70 bits per heavy atom. The third-order valence-electron chi connectivity index (χ3n) is 4.78. The van der Waals surface area contributed by atoms with Crippen LogP contribution in [-0.2, 0) is 14.2 Å². The van der Waals surface area contributed by atoms with E-state index in [4.69, 9.17) is 14.2 Å². The SMILES string of the molecule is CC(C)(C)OC(=O)N1C=CCCC1[C@H]1COC2(CCCCC2)O1. The molecule has 0 N–H and O–H groups in total. The van der Waals surface area contributed by atoms with Gasteiger partial charge in [0.15, 0.2) is 5.79 Å². The zero-order valence-corrected chi connectivity index (χ0v) is 14.5. The van der Waals surface area contributed by atoms with E-state index in [2.05, 4.69) is 0 Å². The van der Waals surface area contributed by atoms with Crippen molar-refractivity contribution in [3.8, 4) is 0 Å². The second-order valence-corrected chi connectivity index (χ2v) is 7.86. The van der Waals surface area contributed by atoms with Gasteiger partial charge in [-0.15, -0.1) is 0 Å². The van der Waals surface area contributed by atoms with E-state index in [-0.39, 0.29) is 18.2 Å². The number of hydrogen-bond donors (Lipinski definition) is 0. The fourth-order valence-electron chi connectivity index (χ4n) is 3.70. The molecule has 3 rings (SSSR count). The predicted molar refractivity (Wildman–Crippen MR) is 86.9 cm³/mol. The van der Waals surface area contributed by atoms with Crippen molar-refractivity contribution in [3.63, 3.8) is 0 Å². The van der Waals surface area contributed by atoms with E-state index >= 15 is 0 Å². The van der Waals surface area contributed by atoms with Crippen LogP contribution in [0.15, 0.2) is 12.3 Å². The van der Waals surface area contributed by atoms with Gasteiger partial charge in [-0.05, 0) is 46.5 Å². The average Bonchev–Trinajstić information content (AvgIpc) is 2.90. The Hall–Kier alpha value is -1.07. The van der Waals surface area contributed by atoms with Gasteiger partial charge in [0.1, 0.15) is 11.7 Å². The van der Waals surface area contributed by atoms with Gasteiger partial charge in [0.25, 0.3) is 0 Å². The normalized spacial score (nSPS) is 30.7. The molecule has 3 aliphatic rings. The minimum absolute atomic E-state index is 0.00356. The first-order valence-electron chi connectivity index (χ1n) is 8.88. The minimum Gasteiger partial charge on any atom is -0.443 e. The summed E-state index contributed by atoms with van der Waals surface area (Å²) in [6, 6.07) is -0.00356. The summed E-state index contributed by atoms with van der Waals surface area (Å²) in [7, 11) is 0. The lowest BCUT2D eigenvalue weighted by Gasteiger charge is -2.37. The zero-order chi connectivity index (χ0) is 16.5. The smallest absolute Gasteiger partial charge is 0.414 e. The Balaban J connectivity index is 1.68. The fraction of sp³-hybridized carbons (Fsp3) is 0.833. The second kappa shape index (κ2) is 6.44. The summed E-state index contributed by atoms with van der Waals surface area (Å²) in [6.45, 7) is 6.23. The highest BCUT2D eigenvalue weighted by Gasteiger charge is 2.47. The van der Waals surface area contributed by atoms with Crippen molar-refractivity contribution < 1.29 is 19.0 Å². The van der Waals surface area contributed by atoms with Crippen LogP contribution in [0.4, 0.5) is 4.79 Å². The molecular weight excluding hydrogens is 294 g/mol. The standard InChI is InChI=1S/C18H29NO4/c1-17(2,3)23-16(20)19-12-8-5-9-14(19)15-13-21-18(22-15)10-6-4-7-11-18/h8,12,14-15H,4-7,9-11,13H2,1-3H3/t14?,15-/m1/s1. The lowest BCUT2D eigenvalue weighted by atomic mass is 9.94. The molecule has 1 amide bonds. The van der Waals surface area contributed by atoms with Gasteiger partial charge in [0.2, 0.25) is 0 Å². The molecular formula is C18H29NO4. The number of allylic oxidation sites excluding steroid dienone is 1. The second-order valence-electron chi connectivity index (χ2n) is 7.86. The molecule has 5 heteroatoms. The van der Waals surface area contributed by atoms with Crippen LogP contribution in [-0.4, -0.2) is 41.1 Å². The van der Waals surface area contributed by atoms with Crippen LogP contribution in [0, 0.1) is 0 Å². The topological polar surface area (TPSA) is 48.0 Å². The highest BCUT2D eigenvalue weighted by Crippen LogP contribution is 2.40. The van der Waals surface area contributed by atoms with E-state index < -0.39 is 11.4 Å². The number of rotatable bonds is 1. The molecule has 1 saturated carbocycles. The maximum absolute atomic E-state index is 12.5. The van der Waals surface area contributed by atoms with Crippen molar-refractivity contribution in [2.75, 3.05) is 6.61 Å². The monoisotopic (exact) mass is 323 g/mol. The van der Waals surface area contributed by atoms with Gasteiger partial charge in [0, 0.05) is 19.0 Å². The summed E-state index contributed by atoms with van der Waals surface area (Å²) in [6.07, 6.45) is 10.9. The van der Waals surface area contributed by atoms with Crippen LogP contribution < -0.4 is 0 Å². The molecule has 23 heavy (non-hydrogen) atoms. The Labute approximate surface area is 138 Å². The molecule has 2 fully saturated rings. The van der Waals surface area contributed by atoms with Gasteiger partial charge in [0.05, 0.1) is 12.6 Å². The lowest BCUT2D eigenvalue weighted by molar-refractivity contribution is -0.191. The van der Waals surface area contributed by atoms with Crippen molar-refractivity contribution in [2.24, 2.45) is 0 Å². The Morgan fingerprint density at radius 2 is 2.00 bits per heavy atom. The molecule has 2 atom stereocenters. The van der Waals surface area contributed by atoms with Crippen LogP contribution in [0.25, 0.3) is 0 Å². The number of carbonyl (C=O) groups excluding carboxylic acids is 1. The summed E-state index contributed by atoms with van der Waals surface area (Å²) in [5.74, 6) is -0.399. The Bertz CT molecular complexity index is 462. The lowest BCUT2D eigenvalue weighted by Crippen LogP contribution is -2.48. The first-order chi connectivity index (χ1) is 10.9. The molecule has 1 spiro atoms. The molecule has 0 aromatic carbocycles. The van der Waals surface area contributed by atoms with Gasteiger partial charge in [-0.2, -0.15) is 0 Å². The number of hydrogen-bond acceptors (Lipinski definition) is 4. The van der Waals surface area contributed by atoms with E-state index in [1.807, 2.05) is 33.0 Å². The largest absolute Gasteiger partial charge is 0.443 e. The van der Waals surface area contributed by atoms with E-state index in [0.29, 0.717) is 6.61 Å². The quantitative estimate of drug-likeness (QED) is 0.732. The molecule has 0 aromatic rings. The maximum atomic E-state index is 12.5. The third-order valence-corrected chi connectivity index (χ3v) is 4.78. The number of amides is 1. The first-order valence-corrected chi connectivity index (χ1v) is 8.88. The van der Waals surface area contributed by atoms with Gasteiger partial charge >= 0.3 is 6.09 Å². The van der Waals surface area contributed by atoms with Crippen molar-refractivity contribution in [3.05, 3.63) is 12.3 Å². The molecule has 0 aromatic heterocycles. The van der Waals surface area contributed by atoms with Crippen molar-refractivity contribution in [1.29, 1.82) is 0 Å². The Kier molecular flexibility index (Phi) is 4.70. The van der Waals surface area contributed by atoms with Crippen LogP contribution in [0.1, 0.15) is 65.7 Å². The molecule has 130 valence electrons. The van der Waals surface area contributed by atoms with E-state index in [1.54, 1.807) is 4.90 Å². The van der Waals surface area contributed by atoms with Gasteiger partial charge < -0.3 is 14.2 Å². The fourth-order valence-corrected chi connectivity index (χ4v) is 3.70. The summed E-state index contributed by atoms with van der Waals surface area (Å²) < 4.78 is 17.9. The molecule has 0 bridgehead atoms. The van der Waals surface area contributed by atoms with Gasteiger partial charge in [-0.1, -0.05) is 12.5 Å². The highest BCUT2D eigenvalue weighted by molar-refractivity contribution is 5.70. The number of carbonyl (C=O) groups is 1. The summed E-state index contributed by atoms with van der Waals surface area (Å²) in [5, 5.41) is 0. The van der Waals surface area contributed by atoms with Crippen molar-refractivity contribution in [1.82, 2.24) is 4.90 Å². The third kappa shape index (κ3) is 3.89. The highest BCUT2D eigenvalue weighted by atomic mass is 16.7. The molecule has 2 aliphatic heterocycles. The van der Waals surface area contributed by atoms with Crippen LogP contribution in [0.2, 0.25) is 0 Å². The van der Waals surface area contributed by atoms with Crippen molar-refractivity contribution >= 4 is 6.09 Å². The van der Waals surface area contributed by atoms with Gasteiger partial charge in [-0.25, -0.2) is 4.79 Å². The molecule has 0 radical (unpaired) electrons. The maximum Gasteiger partial charge on any atom is 0.414 e. The molecule has 1 aliphatic carbocycles. The molecule has 1 saturated heterocycles. The zero-order valence-electron chi connectivity index (χ0n) is 14.5. The van der Waals surface area contributed by atoms with Crippen LogP contribution >= 0.6 is 0 Å². The predicted octanol–water partition coefficient (Wildman–Crippen LogP) is 3.98. The van der Waals surface area contributed by atoms with E-state index in [1.165, 1.54) is 6.42 Å². The van der Waals surface area contributed by atoms with E-state index in [0.717, 1.165) is 38.5 Å². The average molecular weight is 323 g/mol. The molecule has 2 heterocycles. The first kappa shape index (κ1) is 16.8. The van der Waals surface area contributed by atoms with Crippen LogP contribution in [0.3, 0.4) is 0 Å². The Morgan fingerprint density at radius 1 is 1.26 bits per heavy atom. The number of nitrogens with zero attached hydrogens (tertiary/aromatic N) is 1. The van der Waals surface area contributed by atoms with Gasteiger partial charge in [-0.3, -0.25) is 4.90 Å². The van der Waals surface area contributed by atoms with Crippen molar-refractivity contribution in [2.45, 2.75) is 89.3 Å². The molecule has 5 nitrogen and oxygen atoms in total. The number of ether oxygens (including phenoxy) is 3. The summed E-state index contributed by atoms with van der Waals surface area (Å²) in [4.78, 5) is 14.2.